The molecule has 0 radical (unpaired) electrons. The Hall–Kier alpha value is -3.23. The Morgan fingerprint density at radius 2 is 1.86 bits per heavy atom. The van der Waals surface area contributed by atoms with Gasteiger partial charge in [-0.1, -0.05) is 23.7 Å². The minimum atomic E-state index is -4.59. The third-order valence-corrected chi connectivity index (χ3v) is 8.89. The van der Waals surface area contributed by atoms with Gasteiger partial charge in [-0.2, -0.15) is 17.5 Å². The van der Waals surface area contributed by atoms with E-state index in [9.17, 15) is 26.4 Å². The van der Waals surface area contributed by atoms with Crippen LogP contribution in [0.25, 0.3) is 0 Å². The van der Waals surface area contributed by atoms with Crippen molar-refractivity contribution in [1.82, 2.24) is 14.6 Å². The van der Waals surface area contributed by atoms with Gasteiger partial charge >= 0.3 is 6.18 Å². The fourth-order valence-electron chi connectivity index (χ4n) is 4.62. The number of piperazine rings is 1. The number of pyridine rings is 1. The summed E-state index contributed by atoms with van der Waals surface area (Å²) in [5.41, 5.74) is 6.42. The molecule has 1 amide bonds. The van der Waals surface area contributed by atoms with E-state index in [1.807, 2.05) is 6.07 Å². The lowest BCUT2D eigenvalue weighted by Crippen LogP contribution is -2.54. The number of hydrogen-bond acceptors (Lipinski definition) is 7. The highest BCUT2D eigenvalue weighted by atomic mass is 35.5. The summed E-state index contributed by atoms with van der Waals surface area (Å²) in [6, 6.07) is 14.2. The molecule has 1 unspecified atom stereocenters. The molecule has 9 nitrogen and oxygen atoms in total. The molecule has 2 aromatic carbocycles. The maximum atomic E-state index is 13.4. The number of nitrogens with zero attached hydrogens (tertiary/aromatic N) is 3. The first-order valence-corrected chi connectivity index (χ1v) is 15.1. The van der Waals surface area contributed by atoms with Crippen LogP contribution in [-0.4, -0.2) is 62.4 Å². The predicted octanol–water partition coefficient (Wildman–Crippen LogP) is 4.34. The number of carbonyl (C=O) groups excluding carboxylic acids is 1. The van der Waals surface area contributed by atoms with Gasteiger partial charge in [0.25, 0.3) is 5.91 Å². The maximum Gasteiger partial charge on any atom is 0.416 e. The molecule has 226 valence electrons. The van der Waals surface area contributed by atoms with Gasteiger partial charge in [0.1, 0.15) is 11.0 Å². The first-order valence-electron chi connectivity index (χ1n) is 13.3. The van der Waals surface area contributed by atoms with Crippen LogP contribution in [-0.2, 0) is 22.7 Å². The molecule has 1 aromatic heterocycles. The van der Waals surface area contributed by atoms with Crippen LogP contribution in [0, 0.1) is 0 Å². The number of nitrogens with two attached hydrogens (primary N) is 1. The smallest absolute Gasteiger partial charge is 0.351 e. The zero-order valence-electron chi connectivity index (χ0n) is 22.9. The van der Waals surface area contributed by atoms with Crippen LogP contribution in [0.1, 0.15) is 34.8 Å². The Morgan fingerprint density at radius 1 is 1.12 bits per heavy atom. The van der Waals surface area contributed by atoms with Crippen molar-refractivity contribution in [3.8, 4) is 0 Å². The largest absolute Gasteiger partial charge is 0.416 e. The Kier molecular flexibility index (Phi) is 10.1. The lowest BCUT2D eigenvalue weighted by Gasteiger charge is -2.40. The van der Waals surface area contributed by atoms with Crippen molar-refractivity contribution in [2.75, 3.05) is 42.9 Å². The quantitative estimate of drug-likeness (QED) is 0.227. The molecule has 14 heteroatoms. The summed E-state index contributed by atoms with van der Waals surface area (Å²) in [6.07, 6.45) is -3.74. The minimum Gasteiger partial charge on any atom is -0.351 e. The fourth-order valence-corrected chi connectivity index (χ4v) is 6.34. The summed E-state index contributed by atoms with van der Waals surface area (Å²) in [7, 11) is -3.90. The van der Waals surface area contributed by atoms with Gasteiger partial charge in [0.15, 0.2) is 0 Å². The van der Waals surface area contributed by atoms with E-state index in [2.05, 4.69) is 15.6 Å². The third-order valence-electron chi connectivity index (χ3n) is 6.82. The molecule has 3 aromatic rings. The second kappa shape index (κ2) is 13.4. The van der Waals surface area contributed by atoms with E-state index < -0.39 is 27.8 Å². The number of benzene rings is 2. The fraction of sp³-hybridized carbons (Fsp3) is 0.357. The zero-order chi connectivity index (χ0) is 30.5. The van der Waals surface area contributed by atoms with Crippen LogP contribution in [0.5, 0.6) is 0 Å². The second-order valence-electron chi connectivity index (χ2n) is 9.94. The van der Waals surface area contributed by atoms with Crippen molar-refractivity contribution in [2.45, 2.75) is 37.0 Å². The van der Waals surface area contributed by atoms with Gasteiger partial charge in [-0.25, -0.2) is 13.4 Å². The molecule has 1 atom stereocenters. The number of amides is 1. The molecule has 4 rings (SSSR count). The Morgan fingerprint density at radius 3 is 2.52 bits per heavy atom. The van der Waals surface area contributed by atoms with Crippen LogP contribution in [0.15, 0.2) is 65.6 Å². The van der Waals surface area contributed by atoms with Crippen molar-refractivity contribution < 1.29 is 26.4 Å². The number of aromatic nitrogens is 1. The van der Waals surface area contributed by atoms with Crippen molar-refractivity contribution in [1.29, 1.82) is 0 Å². The van der Waals surface area contributed by atoms with Gasteiger partial charge in [-0.05, 0) is 80.5 Å². The van der Waals surface area contributed by atoms with Crippen LogP contribution < -0.4 is 21.3 Å². The van der Waals surface area contributed by atoms with Crippen LogP contribution >= 0.6 is 11.6 Å². The van der Waals surface area contributed by atoms with Crippen LogP contribution in [0.3, 0.4) is 0 Å². The predicted molar refractivity (Wildman–Crippen MR) is 156 cm³/mol. The molecule has 1 aliphatic heterocycles. The average Bonchev–Trinajstić information content (AvgIpc) is 2.95. The number of hydrogen-bond donors (Lipinski definition) is 3. The highest BCUT2D eigenvalue weighted by Crippen LogP contribution is 2.34. The van der Waals surface area contributed by atoms with Crippen molar-refractivity contribution in [2.24, 2.45) is 5.73 Å². The molecule has 1 aliphatic rings. The number of anilines is 2. The Bertz CT molecular complexity index is 1510. The first-order chi connectivity index (χ1) is 19.9. The van der Waals surface area contributed by atoms with Crippen molar-refractivity contribution >= 4 is 39.0 Å². The van der Waals surface area contributed by atoms with E-state index in [0.29, 0.717) is 24.3 Å². The van der Waals surface area contributed by atoms with Gasteiger partial charge in [-0.15, -0.1) is 0 Å². The Balaban J connectivity index is 1.39. The number of nitrogens with one attached hydrogen (secondary N) is 2. The van der Waals surface area contributed by atoms with E-state index >= 15 is 0 Å². The molecule has 2 heterocycles. The van der Waals surface area contributed by atoms with Gasteiger partial charge in [0.05, 0.1) is 10.5 Å². The highest BCUT2D eigenvalue weighted by molar-refractivity contribution is 7.89. The Labute approximate surface area is 247 Å². The van der Waals surface area contributed by atoms with E-state index in [1.165, 1.54) is 28.6 Å². The normalized spacial score (nSPS) is 16.4. The van der Waals surface area contributed by atoms with E-state index in [4.69, 9.17) is 17.3 Å². The van der Waals surface area contributed by atoms with Gasteiger partial charge in [0, 0.05) is 43.5 Å². The summed E-state index contributed by atoms with van der Waals surface area (Å²) in [6.45, 7) is 3.89. The molecular weight excluding hydrogens is 593 g/mol. The maximum absolute atomic E-state index is 13.4. The van der Waals surface area contributed by atoms with Crippen molar-refractivity contribution in [3.63, 3.8) is 0 Å². The molecule has 0 bridgehead atoms. The number of halogens is 4. The summed E-state index contributed by atoms with van der Waals surface area (Å²) in [5.74, 6) is -0.296. The monoisotopic (exact) mass is 624 g/mol. The molecule has 1 fully saturated rings. The van der Waals surface area contributed by atoms with Gasteiger partial charge < -0.3 is 21.3 Å². The third kappa shape index (κ3) is 7.78. The summed E-state index contributed by atoms with van der Waals surface area (Å²) >= 11 is 5.84. The second-order valence-corrected chi connectivity index (χ2v) is 12.3. The highest BCUT2D eigenvalue weighted by Gasteiger charge is 2.35. The summed E-state index contributed by atoms with van der Waals surface area (Å²) in [5, 5.41) is 5.75. The van der Waals surface area contributed by atoms with E-state index in [-0.39, 0.29) is 41.4 Å². The standard InChI is InChI=1S/C28H32ClF3N6O3S/c1-19-18-37(12-13-38(19)26-16-22(28(30,31)32)15-25(29)36-26)42(40,41)24-8-6-23(7-9-24)35-27(39)21-5-2-4-20(14-21)17-34-11-3-10-33/h2,4-9,14-16,19,34H,3,10-13,17-18,33H2,1H3,(H,35,39). The van der Waals surface area contributed by atoms with Gasteiger partial charge in [-0.3, -0.25) is 4.79 Å². The number of carbonyl (C=O) groups is 1. The van der Waals surface area contributed by atoms with Crippen LogP contribution in [0.2, 0.25) is 5.15 Å². The van der Waals surface area contributed by atoms with E-state index in [1.54, 1.807) is 30.0 Å². The number of alkyl halides is 3. The topological polar surface area (TPSA) is 121 Å². The lowest BCUT2D eigenvalue weighted by atomic mass is 10.1. The molecule has 42 heavy (non-hydrogen) atoms. The van der Waals surface area contributed by atoms with E-state index in [0.717, 1.165) is 30.7 Å². The SMILES string of the molecule is CC1CN(S(=O)(=O)c2ccc(NC(=O)c3cccc(CNCCCN)c3)cc2)CCN1c1cc(C(F)(F)F)cc(Cl)n1. The molecule has 0 saturated carbocycles. The molecule has 4 N–H and O–H groups in total. The average molecular weight is 625 g/mol. The first kappa shape index (κ1) is 31.7. The summed E-state index contributed by atoms with van der Waals surface area (Å²) < 4.78 is 67.8. The molecule has 1 saturated heterocycles. The minimum absolute atomic E-state index is 0.0342. The number of sulfonamides is 1. The molecule has 0 aliphatic carbocycles. The number of rotatable bonds is 10. The molecule has 0 spiro atoms. The van der Waals surface area contributed by atoms with Gasteiger partial charge in [0.2, 0.25) is 10.0 Å². The molecular formula is C28H32ClF3N6O3S. The summed E-state index contributed by atoms with van der Waals surface area (Å²) in [4.78, 5) is 18.5. The van der Waals surface area contributed by atoms with Crippen LogP contribution in [0.4, 0.5) is 24.7 Å². The zero-order valence-corrected chi connectivity index (χ0v) is 24.4. The lowest BCUT2D eigenvalue weighted by molar-refractivity contribution is -0.137. The van der Waals surface area contributed by atoms with Crippen molar-refractivity contribution in [3.05, 3.63) is 82.5 Å².